The van der Waals surface area contributed by atoms with Crippen molar-refractivity contribution < 1.29 is 0 Å². The van der Waals surface area contributed by atoms with Gasteiger partial charge in [-0.05, 0) is 25.0 Å². The topological polar surface area (TPSA) is 12.9 Å². The molecule has 3 heteroatoms. The highest BCUT2D eigenvalue weighted by molar-refractivity contribution is 9.09. The van der Waals surface area contributed by atoms with Crippen LogP contribution >= 0.6 is 27.5 Å². The first-order valence-electron chi connectivity index (χ1n) is 3.37. The Bertz CT molecular complexity index is 260. The smallest absolute Gasteiger partial charge is 0.131 e. The Balaban J connectivity index is 3.05. The fourth-order valence-electron chi connectivity index (χ4n) is 0.797. The molecular weight excluding hydrogens is 225 g/mol. The monoisotopic (exact) mass is 233 g/mol. The second kappa shape index (κ2) is 3.55. The zero-order valence-electron chi connectivity index (χ0n) is 6.44. The number of alkyl halides is 1. The summed E-state index contributed by atoms with van der Waals surface area (Å²) in [7, 11) is 0. The summed E-state index contributed by atoms with van der Waals surface area (Å²) in [5, 5.41) is 0.585. The molecular formula is C8H9BrClN. The minimum absolute atomic E-state index is 0.339. The van der Waals surface area contributed by atoms with Crippen molar-refractivity contribution >= 4 is 27.5 Å². The number of hydrogen-bond donors (Lipinski definition) is 0. The maximum absolute atomic E-state index is 5.76. The van der Waals surface area contributed by atoms with Gasteiger partial charge >= 0.3 is 0 Å². The molecule has 0 aliphatic rings. The summed E-state index contributed by atoms with van der Waals surface area (Å²) in [5.74, 6) is 0. The fraction of sp³-hybridized carbons (Fsp3) is 0.375. The molecule has 1 nitrogen and oxygen atoms in total. The van der Waals surface area contributed by atoms with Crippen molar-refractivity contribution in [1.82, 2.24) is 4.98 Å². The molecule has 1 aromatic heterocycles. The molecule has 0 unspecified atom stereocenters. The summed E-state index contributed by atoms with van der Waals surface area (Å²) < 4.78 is 0. The summed E-state index contributed by atoms with van der Waals surface area (Å²) in [4.78, 5) is 4.37. The van der Waals surface area contributed by atoms with E-state index in [0.717, 1.165) is 11.1 Å². The predicted octanol–water partition coefficient (Wildman–Crippen LogP) is 3.50. The fourth-order valence-corrected chi connectivity index (χ4v) is 1.15. The first-order valence-corrected chi connectivity index (χ1v) is 4.66. The van der Waals surface area contributed by atoms with Gasteiger partial charge in [-0.15, -0.1) is 0 Å². The molecule has 0 radical (unpaired) electrons. The van der Waals surface area contributed by atoms with Crippen LogP contribution < -0.4 is 0 Å². The Kier molecular flexibility index (Phi) is 2.90. The van der Waals surface area contributed by atoms with Crippen LogP contribution in [-0.2, 0) is 0 Å². The van der Waals surface area contributed by atoms with Crippen molar-refractivity contribution in [2.45, 2.75) is 18.7 Å². The number of pyridine rings is 1. The van der Waals surface area contributed by atoms with E-state index in [0.29, 0.717) is 9.98 Å². The molecule has 0 bridgehead atoms. The van der Waals surface area contributed by atoms with Gasteiger partial charge in [-0.3, -0.25) is 0 Å². The number of hydrogen-bond acceptors (Lipinski definition) is 1. The van der Waals surface area contributed by atoms with Crippen molar-refractivity contribution in [3.8, 4) is 0 Å². The Labute approximate surface area is 79.9 Å². The number of aryl methyl sites for hydroxylation is 1. The molecule has 1 rings (SSSR count). The molecule has 0 N–H and O–H groups in total. The lowest BCUT2D eigenvalue weighted by atomic mass is 10.2. The third kappa shape index (κ3) is 2.17. The molecule has 0 fully saturated rings. The van der Waals surface area contributed by atoms with Crippen LogP contribution in [0.3, 0.4) is 0 Å². The maximum Gasteiger partial charge on any atom is 0.131 e. The van der Waals surface area contributed by atoms with E-state index < -0.39 is 0 Å². The van der Waals surface area contributed by atoms with Gasteiger partial charge in [0.15, 0.2) is 0 Å². The standard InChI is InChI=1S/C8H9BrClN/c1-5-3-7(6(2)9)4-11-8(5)10/h3-4,6H,1-2H3/t6-/m0/s1. The molecule has 11 heavy (non-hydrogen) atoms. The van der Waals surface area contributed by atoms with E-state index in [2.05, 4.69) is 27.8 Å². The summed E-state index contributed by atoms with van der Waals surface area (Å²) >= 11 is 9.22. The first kappa shape index (κ1) is 9.01. The highest BCUT2D eigenvalue weighted by Gasteiger charge is 2.02. The second-order valence-electron chi connectivity index (χ2n) is 2.49. The van der Waals surface area contributed by atoms with Gasteiger partial charge in [0.1, 0.15) is 5.15 Å². The van der Waals surface area contributed by atoms with Crippen molar-refractivity contribution in [1.29, 1.82) is 0 Å². The van der Waals surface area contributed by atoms with Gasteiger partial charge in [0, 0.05) is 11.0 Å². The van der Waals surface area contributed by atoms with Gasteiger partial charge in [-0.1, -0.05) is 33.6 Å². The lowest BCUT2D eigenvalue weighted by molar-refractivity contribution is 1.08. The van der Waals surface area contributed by atoms with E-state index in [1.807, 2.05) is 13.0 Å². The van der Waals surface area contributed by atoms with E-state index >= 15 is 0 Å². The number of halogens is 2. The number of nitrogens with zero attached hydrogens (tertiary/aromatic N) is 1. The first-order chi connectivity index (χ1) is 5.11. The lowest BCUT2D eigenvalue weighted by Crippen LogP contribution is -1.88. The van der Waals surface area contributed by atoms with Crippen molar-refractivity contribution in [3.63, 3.8) is 0 Å². The van der Waals surface area contributed by atoms with Crippen LogP contribution in [0.1, 0.15) is 22.9 Å². The van der Waals surface area contributed by atoms with E-state index in [1.165, 1.54) is 0 Å². The minimum atomic E-state index is 0.339. The molecule has 0 spiro atoms. The Hall–Kier alpha value is -0.0800. The van der Waals surface area contributed by atoms with Gasteiger partial charge in [0.2, 0.25) is 0 Å². The molecule has 1 heterocycles. The number of aromatic nitrogens is 1. The average molecular weight is 235 g/mol. The van der Waals surface area contributed by atoms with Gasteiger partial charge in [-0.2, -0.15) is 0 Å². The lowest BCUT2D eigenvalue weighted by Gasteiger charge is -2.04. The minimum Gasteiger partial charge on any atom is -0.244 e. The van der Waals surface area contributed by atoms with Crippen LogP contribution in [0.2, 0.25) is 5.15 Å². The quantitative estimate of drug-likeness (QED) is 0.535. The molecule has 0 aliphatic heterocycles. The second-order valence-corrected chi connectivity index (χ2v) is 4.22. The Morgan fingerprint density at radius 3 is 2.73 bits per heavy atom. The van der Waals surface area contributed by atoms with Crippen LogP contribution in [0.15, 0.2) is 12.3 Å². The van der Waals surface area contributed by atoms with E-state index in [-0.39, 0.29) is 0 Å². The van der Waals surface area contributed by atoms with Gasteiger partial charge in [-0.25, -0.2) is 4.98 Å². The SMILES string of the molecule is Cc1cc([C@H](C)Br)cnc1Cl. The van der Waals surface area contributed by atoms with Crippen molar-refractivity contribution in [2.75, 3.05) is 0 Å². The molecule has 0 amide bonds. The Morgan fingerprint density at radius 2 is 2.27 bits per heavy atom. The molecule has 0 saturated heterocycles. The summed E-state index contributed by atoms with van der Waals surface area (Å²) in [6, 6.07) is 2.04. The van der Waals surface area contributed by atoms with Gasteiger partial charge in [0.05, 0.1) is 0 Å². The predicted molar refractivity (Wildman–Crippen MR) is 51.3 cm³/mol. The average Bonchev–Trinajstić information content (AvgIpc) is 1.94. The maximum atomic E-state index is 5.76. The van der Waals surface area contributed by atoms with E-state index in [9.17, 15) is 0 Å². The summed E-state index contributed by atoms with van der Waals surface area (Å²) in [5.41, 5.74) is 2.18. The van der Waals surface area contributed by atoms with E-state index in [1.54, 1.807) is 6.20 Å². The molecule has 0 aromatic carbocycles. The van der Waals surface area contributed by atoms with Crippen LogP contribution in [0, 0.1) is 6.92 Å². The molecule has 60 valence electrons. The molecule has 0 aliphatic carbocycles. The molecule has 1 atom stereocenters. The van der Waals surface area contributed by atoms with Crippen LogP contribution in [0.5, 0.6) is 0 Å². The van der Waals surface area contributed by atoms with Crippen LogP contribution in [0.25, 0.3) is 0 Å². The van der Waals surface area contributed by atoms with Crippen molar-refractivity contribution in [2.24, 2.45) is 0 Å². The zero-order valence-corrected chi connectivity index (χ0v) is 8.78. The highest BCUT2D eigenvalue weighted by Crippen LogP contribution is 2.23. The van der Waals surface area contributed by atoms with Crippen LogP contribution in [-0.4, -0.2) is 4.98 Å². The largest absolute Gasteiger partial charge is 0.244 e. The molecule has 0 saturated carbocycles. The summed E-state index contributed by atoms with van der Waals surface area (Å²) in [6.45, 7) is 4.01. The summed E-state index contributed by atoms with van der Waals surface area (Å²) in [6.07, 6.45) is 1.79. The molecule has 1 aromatic rings. The number of rotatable bonds is 1. The normalized spacial score (nSPS) is 13.1. The third-order valence-corrected chi connectivity index (χ3v) is 2.42. The zero-order chi connectivity index (χ0) is 8.43. The van der Waals surface area contributed by atoms with Gasteiger partial charge in [0.25, 0.3) is 0 Å². The third-order valence-electron chi connectivity index (χ3n) is 1.49. The van der Waals surface area contributed by atoms with Gasteiger partial charge < -0.3 is 0 Å². The van der Waals surface area contributed by atoms with Crippen LogP contribution in [0.4, 0.5) is 0 Å². The Morgan fingerprint density at radius 1 is 1.64 bits per heavy atom. The highest BCUT2D eigenvalue weighted by atomic mass is 79.9. The van der Waals surface area contributed by atoms with Crippen molar-refractivity contribution in [3.05, 3.63) is 28.5 Å². The van der Waals surface area contributed by atoms with E-state index in [4.69, 9.17) is 11.6 Å².